The second kappa shape index (κ2) is 3.27. The van der Waals surface area contributed by atoms with E-state index in [-0.39, 0.29) is 5.75 Å². The van der Waals surface area contributed by atoms with E-state index in [9.17, 15) is 5.11 Å². The fraction of sp³-hybridized carbons (Fsp3) is 0. The number of ether oxygens (including phenoxy) is 1. The predicted octanol–water partition coefficient (Wildman–Crippen LogP) is 2.41. The molecule has 1 N–H and O–H groups in total. The van der Waals surface area contributed by atoms with Crippen LogP contribution >= 0.6 is 0 Å². The van der Waals surface area contributed by atoms with Crippen molar-refractivity contribution in [2.45, 2.75) is 0 Å². The summed E-state index contributed by atoms with van der Waals surface area (Å²) in [5.74, 6) is 0.645. The number of hydrogen-bond donors (Lipinski definition) is 1. The van der Waals surface area contributed by atoms with E-state index < -0.39 is 0 Å². The Morgan fingerprint density at radius 1 is 1.07 bits per heavy atom. The fourth-order valence-corrected chi connectivity index (χ4v) is 1.39. The van der Waals surface area contributed by atoms with E-state index in [0.29, 0.717) is 11.1 Å². The summed E-state index contributed by atoms with van der Waals surface area (Å²) in [6, 6.07) is 10.3. The molecule has 2 rings (SSSR count). The Bertz CT molecular complexity index is 514. The highest BCUT2D eigenvalue weighted by Gasteiger charge is 2.04. The van der Waals surface area contributed by atoms with Crippen LogP contribution in [0, 0.1) is 11.5 Å². The minimum absolute atomic E-state index is 0.186. The number of nitriles is 1. The smallest absolute Gasteiger partial charge is 0.292 e. The van der Waals surface area contributed by atoms with Gasteiger partial charge in [0, 0.05) is 10.8 Å². The highest BCUT2D eigenvalue weighted by molar-refractivity contribution is 5.93. The highest BCUT2D eigenvalue weighted by Crippen LogP contribution is 2.31. The van der Waals surface area contributed by atoms with Gasteiger partial charge in [-0.2, -0.15) is 0 Å². The normalized spacial score (nSPS) is 9.64. The van der Waals surface area contributed by atoms with Gasteiger partial charge in [-0.05, 0) is 12.1 Å². The predicted molar refractivity (Wildman–Crippen MR) is 51.9 cm³/mol. The van der Waals surface area contributed by atoms with Crippen LogP contribution in [0.3, 0.4) is 0 Å². The van der Waals surface area contributed by atoms with E-state index in [1.165, 1.54) is 6.07 Å². The number of hydrogen-bond acceptors (Lipinski definition) is 3. The van der Waals surface area contributed by atoms with Gasteiger partial charge in [0.05, 0.1) is 0 Å². The van der Waals surface area contributed by atoms with Crippen molar-refractivity contribution in [3.8, 4) is 17.8 Å². The molecule has 0 bridgehead atoms. The number of phenolic OH excluding ortho intramolecular Hbond substituents is 1. The summed E-state index contributed by atoms with van der Waals surface area (Å²) in [5, 5.41) is 19.4. The van der Waals surface area contributed by atoms with Crippen molar-refractivity contribution in [1.29, 1.82) is 5.26 Å². The van der Waals surface area contributed by atoms with Crippen LogP contribution in [0.25, 0.3) is 10.8 Å². The van der Waals surface area contributed by atoms with E-state index in [4.69, 9.17) is 10.00 Å². The Hall–Kier alpha value is -2.21. The molecule has 2 aromatic rings. The maximum Gasteiger partial charge on any atom is 0.292 e. The monoisotopic (exact) mass is 185 g/mol. The largest absolute Gasteiger partial charge is 0.507 e. The molecule has 0 amide bonds. The zero-order valence-corrected chi connectivity index (χ0v) is 7.27. The van der Waals surface area contributed by atoms with Gasteiger partial charge in [0.15, 0.2) is 0 Å². The molecule has 0 aromatic heterocycles. The van der Waals surface area contributed by atoms with E-state index in [1.54, 1.807) is 24.5 Å². The van der Waals surface area contributed by atoms with Crippen LogP contribution in [0.1, 0.15) is 0 Å². The Balaban J connectivity index is 2.76. The van der Waals surface area contributed by atoms with Crippen LogP contribution in [0.4, 0.5) is 0 Å². The van der Waals surface area contributed by atoms with Crippen molar-refractivity contribution in [1.82, 2.24) is 0 Å². The van der Waals surface area contributed by atoms with E-state index >= 15 is 0 Å². The summed E-state index contributed by atoms with van der Waals surface area (Å²) in [6.07, 6.45) is 1.61. The second-order valence-corrected chi connectivity index (χ2v) is 2.82. The number of rotatable bonds is 1. The molecule has 68 valence electrons. The highest BCUT2D eigenvalue weighted by atomic mass is 16.5. The Morgan fingerprint density at radius 3 is 2.50 bits per heavy atom. The molecular formula is C11H7NO2. The summed E-state index contributed by atoms with van der Waals surface area (Å²) in [6.45, 7) is 0. The molecule has 0 heterocycles. The standard InChI is InChI=1S/C11H7NO2/c12-7-14-11-6-5-10(13)8-3-1-2-4-9(8)11/h1-6,13H. The minimum atomic E-state index is 0.186. The zero-order chi connectivity index (χ0) is 9.97. The van der Waals surface area contributed by atoms with Gasteiger partial charge >= 0.3 is 0 Å². The lowest BCUT2D eigenvalue weighted by atomic mass is 10.1. The molecule has 3 nitrogen and oxygen atoms in total. The van der Waals surface area contributed by atoms with Gasteiger partial charge in [-0.3, -0.25) is 0 Å². The molecule has 0 unspecified atom stereocenters. The maximum absolute atomic E-state index is 9.53. The quantitative estimate of drug-likeness (QED) is 0.694. The van der Waals surface area contributed by atoms with Gasteiger partial charge in [0.2, 0.25) is 0 Å². The molecule has 0 aliphatic heterocycles. The lowest BCUT2D eigenvalue weighted by molar-refractivity contribution is 0.478. The molecule has 0 saturated carbocycles. The second-order valence-electron chi connectivity index (χ2n) is 2.82. The van der Waals surface area contributed by atoms with Crippen LogP contribution in [0.2, 0.25) is 0 Å². The third-order valence-corrected chi connectivity index (χ3v) is 2.02. The van der Waals surface area contributed by atoms with Crippen molar-refractivity contribution in [2.75, 3.05) is 0 Å². The lowest BCUT2D eigenvalue weighted by Gasteiger charge is -2.03. The number of phenols is 1. The summed E-state index contributed by atoms with van der Waals surface area (Å²) < 4.78 is 4.77. The molecule has 0 saturated heterocycles. The van der Waals surface area contributed by atoms with Crippen molar-refractivity contribution < 1.29 is 9.84 Å². The molecule has 14 heavy (non-hydrogen) atoms. The summed E-state index contributed by atoms with van der Waals surface area (Å²) >= 11 is 0. The van der Waals surface area contributed by atoms with Gasteiger partial charge in [0.25, 0.3) is 6.26 Å². The van der Waals surface area contributed by atoms with Crippen molar-refractivity contribution in [3.05, 3.63) is 36.4 Å². The molecule has 0 fully saturated rings. The first-order valence-electron chi connectivity index (χ1n) is 4.09. The van der Waals surface area contributed by atoms with Gasteiger partial charge in [-0.15, -0.1) is 5.26 Å². The van der Waals surface area contributed by atoms with E-state index in [1.807, 2.05) is 12.1 Å². The molecule has 0 atom stereocenters. The number of fused-ring (bicyclic) bond motifs is 1. The van der Waals surface area contributed by atoms with Crippen LogP contribution in [0.15, 0.2) is 36.4 Å². The first-order chi connectivity index (χ1) is 6.83. The first-order valence-corrected chi connectivity index (χ1v) is 4.09. The third kappa shape index (κ3) is 1.23. The van der Waals surface area contributed by atoms with Crippen LogP contribution in [0.5, 0.6) is 11.5 Å². The molecule has 0 aliphatic carbocycles. The Morgan fingerprint density at radius 2 is 1.79 bits per heavy atom. The molecule has 0 aliphatic rings. The summed E-state index contributed by atoms with van der Waals surface area (Å²) in [4.78, 5) is 0. The van der Waals surface area contributed by atoms with Gasteiger partial charge < -0.3 is 9.84 Å². The molecular weight excluding hydrogens is 178 g/mol. The fourth-order valence-electron chi connectivity index (χ4n) is 1.39. The lowest BCUT2D eigenvalue weighted by Crippen LogP contribution is -1.83. The summed E-state index contributed by atoms with van der Waals surface area (Å²) in [5.41, 5.74) is 0. The van der Waals surface area contributed by atoms with E-state index in [0.717, 1.165) is 5.39 Å². The molecule has 0 radical (unpaired) electrons. The van der Waals surface area contributed by atoms with E-state index in [2.05, 4.69) is 0 Å². The van der Waals surface area contributed by atoms with Crippen molar-refractivity contribution in [2.24, 2.45) is 0 Å². The number of nitrogens with zero attached hydrogens (tertiary/aromatic N) is 1. The molecule has 0 spiro atoms. The zero-order valence-electron chi connectivity index (χ0n) is 7.27. The maximum atomic E-state index is 9.53. The van der Waals surface area contributed by atoms with Crippen LogP contribution < -0.4 is 4.74 Å². The average Bonchev–Trinajstić information content (AvgIpc) is 2.23. The molecule has 2 aromatic carbocycles. The number of aromatic hydroxyl groups is 1. The van der Waals surface area contributed by atoms with Gasteiger partial charge in [-0.25, -0.2) is 0 Å². The summed E-state index contributed by atoms with van der Waals surface area (Å²) in [7, 11) is 0. The average molecular weight is 185 g/mol. The van der Waals surface area contributed by atoms with Crippen molar-refractivity contribution >= 4 is 10.8 Å². The van der Waals surface area contributed by atoms with Crippen LogP contribution in [-0.2, 0) is 0 Å². The first kappa shape index (κ1) is 8.39. The van der Waals surface area contributed by atoms with Crippen LogP contribution in [-0.4, -0.2) is 5.11 Å². The Labute approximate surface area is 80.8 Å². The third-order valence-electron chi connectivity index (χ3n) is 2.02. The van der Waals surface area contributed by atoms with Crippen molar-refractivity contribution in [3.63, 3.8) is 0 Å². The number of benzene rings is 2. The SMILES string of the molecule is N#COc1ccc(O)c2ccccc12. The minimum Gasteiger partial charge on any atom is -0.507 e. The van der Waals surface area contributed by atoms with Gasteiger partial charge in [-0.1, -0.05) is 24.3 Å². The molecule has 3 heteroatoms. The van der Waals surface area contributed by atoms with Gasteiger partial charge in [0.1, 0.15) is 11.5 Å². The topological polar surface area (TPSA) is 53.2 Å². The Kier molecular flexibility index (Phi) is 1.96.